The highest BCUT2D eigenvalue weighted by Crippen LogP contribution is 2.38. The first kappa shape index (κ1) is 23.9. The molecule has 4 nitrogen and oxygen atoms in total. The number of thioether (sulfide) groups is 1. The van der Waals surface area contributed by atoms with Gasteiger partial charge in [0.05, 0.1) is 11.8 Å². The fourth-order valence-corrected chi connectivity index (χ4v) is 5.75. The third kappa shape index (κ3) is 5.52. The largest absolute Gasteiger partial charge is 0.341 e. The standard InChI is InChI=1S/C31H28N2O2S/c34-28-22-36-31(33(28)21-20-23-10-4-1-5-11-23)27-18-16-26(17-19-27)30(35)32-29(24-12-6-2-7-13-24)25-14-8-3-9-15-25/h1-19,29,31H,20-22H2,(H,32,35)/t31-/m0/s1. The van der Waals surface area contributed by atoms with E-state index in [1.54, 1.807) is 11.8 Å². The molecule has 0 radical (unpaired) electrons. The Morgan fingerprint density at radius 2 is 1.36 bits per heavy atom. The molecule has 0 aromatic heterocycles. The van der Waals surface area contributed by atoms with E-state index in [9.17, 15) is 9.59 Å². The van der Waals surface area contributed by atoms with Gasteiger partial charge in [0.25, 0.3) is 5.91 Å². The molecule has 0 bridgehead atoms. The Bertz CT molecular complexity index is 1260. The predicted molar refractivity (Wildman–Crippen MR) is 146 cm³/mol. The summed E-state index contributed by atoms with van der Waals surface area (Å²) in [6.45, 7) is 0.679. The van der Waals surface area contributed by atoms with E-state index in [2.05, 4.69) is 17.4 Å². The zero-order valence-corrected chi connectivity index (χ0v) is 20.7. The van der Waals surface area contributed by atoms with Crippen molar-refractivity contribution in [3.63, 3.8) is 0 Å². The molecule has 0 saturated carbocycles. The van der Waals surface area contributed by atoms with E-state index in [4.69, 9.17) is 0 Å². The van der Waals surface area contributed by atoms with Gasteiger partial charge in [-0.05, 0) is 40.8 Å². The fraction of sp³-hybridized carbons (Fsp3) is 0.161. The molecule has 180 valence electrons. The predicted octanol–water partition coefficient (Wildman–Crippen LogP) is 6.02. The number of rotatable bonds is 8. The fourth-order valence-electron chi connectivity index (χ4n) is 4.53. The van der Waals surface area contributed by atoms with Gasteiger partial charge in [0.1, 0.15) is 5.37 Å². The lowest BCUT2D eigenvalue weighted by Gasteiger charge is -2.24. The van der Waals surface area contributed by atoms with Crippen LogP contribution < -0.4 is 5.32 Å². The zero-order chi connectivity index (χ0) is 24.7. The van der Waals surface area contributed by atoms with Crippen LogP contribution in [0.5, 0.6) is 0 Å². The van der Waals surface area contributed by atoms with Gasteiger partial charge in [-0.1, -0.05) is 103 Å². The molecule has 4 aromatic carbocycles. The van der Waals surface area contributed by atoms with E-state index in [0.717, 1.165) is 23.1 Å². The molecule has 4 aromatic rings. The second-order valence-electron chi connectivity index (χ2n) is 8.84. The van der Waals surface area contributed by atoms with E-state index in [-0.39, 0.29) is 23.2 Å². The quantitative estimate of drug-likeness (QED) is 0.327. The molecule has 5 heteroatoms. The minimum absolute atomic E-state index is 0.0280. The number of nitrogens with zero attached hydrogens (tertiary/aromatic N) is 1. The summed E-state index contributed by atoms with van der Waals surface area (Å²) in [6, 6.07) is 37.6. The molecular weight excluding hydrogens is 464 g/mol. The molecule has 0 unspecified atom stereocenters. The smallest absolute Gasteiger partial charge is 0.252 e. The van der Waals surface area contributed by atoms with E-state index in [1.807, 2.05) is 108 Å². The molecule has 1 atom stereocenters. The third-order valence-electron chi connectivity index (χ3n) is 6.45. The summed E-state index contributed by atoms with van der Waals surface area (Å²) in [5.41, 5.74) is 4.92. The molecule has 1 saturated heterocycles. The third-order valence-corrected chi connectivity index (χ3v) is 7.71. The van der Waals surface area contributed by atoms with Crippen LogP contribution in [0.15, 0.2) is 115 Å². The molecule has 1 aliphatic rings. The first-order valence-electron chi connectivity index (χ1n) is 12.1. The van der Waals surface area contributed by atoms with Gasteiger partial charge in [0, 0.05) is 12.1 Å². The Labute approximate surface area is 216 Å². The number of hydrogen-bond donors (Lipinski definition) is 1. The van der Waals surface area contributed by atoms with Crippen molar-refractivity contribution in [2.24, 2.45) is 0 Å². The van der Waals surface area contributed by atoms with E-state index in [0.29, 0.717) is 17.9 Å². The molecule has 5 rings (SSSR count). The average Bonchev–Trinajstić information content (AvgIpc) is 3.32. The number of carbonyl (C=O) groups excluding carboxylic acids is 2. The van der Waals surface area contributed by atoms with Crippen molar-refractivity contribution in [2.75, 3.05) is 12.3 Å². The van der Waals surface area contributed by atoms with Crippen molar-refractivity contribution in [1.82, 2.24) is 10.2 Å². The van der Waals surface area contributed by atoms with Gasteiger partial charge >= 0.3 is 0 Å². The normalized spacial score (nSPS) is 15.3. The number of nitrogens with one attached hydrogen (secondary N) is 1. The van der Waals surface area contributed by atoms with E-state index < -0.39 is 0 Å². The average molecular weight is 493 g/mol. The highest BCUT2D eigenvalue weighted by Gasteiger charge is 2.32. The Morgan fingerprint density at radius 1 is 0.806 bits per heavy atom. The second kappa shape index (κ2) is 11.3. The van der Waals surface area contributed by atoms with Gasteiger partial charge in [0.2, 0.25) is 5.91 Å². The van der Waals surface area contributed by atoms with E-state index >= 15 is 0 Å². The van der Waals surface area contributed by atoms with Gasteiger partial charge in [-0.25, -0.2) is 0 Å². The van der Waals surface area contributed by atoms with Gasteiger partial charge < -0.3 is 10.2 Å². The number of carbonyl (C=O) groups is 2. The summed E-state index contributed by atoms with van der Waals surface area (Å²) in [7, 11) is 0. The lowest BCUT2D eigenvalue weighted by Crippen LogP contribution is -2.30. The van der Waals surface area contributed by atoms with Gasteiger partial charge in [-0.2, -0.15) is 0 Å². The minimum atomic E-state index is -0.240. The van der Waals surface area contributed by atoms with Crippen molar-refractivity contribution < 1.29 is 9.59 Å². The SMILES string of the molecule is O=C(NC(c1ccccc1)c1ccccc1)c1ccc([C@@H]2SCC(=O)N2CCc2ccccc2)cc1. The molecule has 2 amide bonds. The highest BCUT2D eigenvalue weighted by molar-refractivity contribution is 8.00. The summed E-state index contributed by atoms with van der Waals surface area (Å²) >= 11 is 1.64. The van der Waals surface area contributed by atoms with Crippen LogP contribution in [-0.4, -0.2) is 29.0 Å². The first-order chi connectivity index (χ1) is 17.7. The van der Waals surface area contributed by atoms with Crippen molar-refractivity contribution in [1.29, 1.82) is 0 Å². The van der Waals surface area contributed by atoms with Crippen LogP contribution in [0.25, 0.3) is 0 Å². The molecule has 1 fully saturated rings. The maximum Gasteiger partial charge on any atom is 0.252 e. The van der Waals surface area contributed by atoms with Crippen LogP contribution in [0.4, 0.5) is 0 Å². The number of amides is 2. The number of hydrogen-bond acceptors (Lipinski definition) is 3. The zero-order valence-electron chi connectivity index (χ0n) is 19.9. The highest BCUT2D eigenvalue weighted by atomic mass is 32.2. The molecule has 1 N–H and O–H groups in total. The molecule has 1 aliphatic heterocycles. The Morgan fingerprint density at radius 3 is 1.94 bits per heavy atom. The van der Waals surface area contributed by atoms with Crippen molar-refractivity contribution in [3.8, 4) is 0 Å². The van der Waals surface area contributed by atoms with Crippen molar-refractivity contribution in [2.45, 2.75) is 17.8 Å². The Balaban J connectivity index is 1.29. The van der Waals surface area contributed by atoms with Crippen molar-refractivity contribution in [3.05, 3.63) is 143 Å². The van der Waals surface area contributed by atoms with Gasteiger partial charge in [0.15, 0.2) is 0 Å². The Kier molecular flexibility index (Phi) is 7.48. The van der Waals surface area contributed by atoms with Crippen LogP contribution in [0.2, 0.25) is 0 Å². The van der Waals surface area contributed by atoms with Crippen molar-refractivity contribution >= 4 is 23.6 Å². The number of benzene rings is 4. The molecular formula is C31H28N2O2S. The summed E-state index contributed by atoms with van der Waals surface area (Å²) in [4.78, 5) is 27.8. The van der Waals surface area contributed by atoms with Crippen LogP contribution in [0, 0.1) is 0 Å². The lowest BCUT2D eigenvalue weighted by molar-refractivity contribution is -0.128. The van der Waals surface area contributed by atoms with Crippen LogP contribution in [0.3, 0.4) is 0 Å². The Hall–Kier alpha value is -3.83. The second-order valence-corrected chi connectivity index (χ2v) is 9.90. The first-order valence-corrected chi connectivity index (χ1v) is 13.2. The summed E-state index contributed by atoms with van der Waals surface area (Å²) < 4.78 is 0. The summed E-state index contributed by atoms with van der Waals surface area (Å²) in [6.07, 6.45) is 0.824. The minimum Gasteiger partial charge on any atom is -0.341 e. The lowest BCUT2D eigenvalue weighted by atomic mass is 9.98. The molecule has 0 spiro atoms. The summed E-state index contributed by atoms with van der Waals surface area (Å²) in [5, 5.41) is 3.17. The summed E-state index contributed by atoms with van der Waals surface area (Å²) in [5.74, 6) is 0.518. The van der Waals surface area contributed by atoms with Crippen LogP contribution >= 0.6 is 11.8 Å². The maximum atomic E-state index is 13.2. The molecule has 36 heavy (non-hydrogen) atoms. The molecule has 1 heterocycles. The monoisotopic (exact) mass is 492 g/mol. The van der Waals surface area contributed by atoms with Gasteiger partial charge in [-0.15, -0.1) is 11.8 Å². The topological polar surface area (TPSA) is 49.4 Å². The van der Waals surface area contributed by atoms with Crippen LogP contribution in [-0.2, 0) is 11.2 Å². The molecule has 0 aliphatic carbocycles. The maximum absolute atomic E-state index is 13.2. The van der Waals surface area contributed by atoms with E-state index in [1.165, 1.54) is 5.56 Å². The van der Waals surface area contributed by atoms with Crippen LogP contribution in [0.1, 0.15) is 44.0 Å². The van der Waals surface area contributed by atoms with Gasteiger partial charge in [-0.3, -0.25) is 9.59 Å².